The van der Waals surface area contributed by atoms with Gasteiger partial charge in [0.05, 0.1) is 10.1 Å². The molecule has 2 atom stereocenters. The molecule has 0 aliphatic carbocycles. The molecule has 0 radical (unpaired) electrons. The van der Waals surface area contributed by atoms with Gasteiger partial charge in [-0.1, -0.05) is 12.1 Å². The van der Waals surface area contributed by atoms with Crippen molar-refractivity contribution >= 4 is 9.84 Å². The lowest BCUT2D eigenvalue weighted by Gasteiger charge is -2.43. The van der Waals surface area contributed by atoms with Crippen molar-refractivity contribution in [2.75, 3.05) is 13.1 Å². The molecule has 4 nitrogen and oxygen atoms in total. The Morgan fingerprint density at radius 2 is 1.71 bits per heavy atom. The minimum atomic E-state index is -3.20. The zero-order valence-electron chi connectivity index (χ0n) is 15.3. The van der Waals surface area contributed by atoms with Gasteiger partial charge < -0.3 is 0 Å². The Kier molecular flexibility index (Phi) is 5.05. The molecular formula is C19H30N2O2S. The normalized spacial score (nSPS) is 25.8. The molecule has 0 N–H and O–H groups in total. The van der Waals surface area contributed by atoms with E-state index >= 15 is 0 Å². The fraction of sp³-hybridized carbons (Fsp3) is 0.684. The van der Waals surface area contributed by atoms with Crippen LogP contribution in [0.4, 0.5) is 0 Å². The van der Waals surface area contributed by atoms with Gasteiger partial charge in [0, 0.05) is 37.8 Å². The third-order valence-corrected chi connectivity index (χ3v) is 7.62. The van der Waals surface area contributed by atoms with Crippen molar-refractivity contribution in [2.45, 2.75) is 75.4 Å². The number of hydrogen-bond donors (Lipinski definition) is 0. The predicted octanol–water partition coefficient (Wildman–Crippen LogP) is 2.93. The topological polar surface area (TPSA) is 40.6 Å². The van der Waals surface area contributed by atoms with Crippen LogP contribution in [0.25, 0.3) is 0 Å². The molecule has 3 rings (SSSR count). The van der Waals surface area contributed by atoms with E-state index in [0.29, 0.717) is 23.0 Å². The summed E-state index contributed by atoms with van der Waals surface area (Å²) in [5, 5.41) is -0.377. The Morgan fingerprint density at radius 3 is 2.25 bits per heavy atom. The summed E-state index contributed by atoms with van der Waals surface area (Å²) in [6.45, 7) is 11.1. The lowest BCUT2D eigenvalue weighted by Crippen LogP contribution is -2.55. The second-order valence-corrected chi connectivity index (χ2v) is 10.4. The maximum Gasteiger partial charge on any atom is 0.180 e. The summed E-state index contributed by atoms with van der Waals surface area (Å²) in [7, 11) is -3.20. The van der Waals surface area contributed by atoms with E-state index in [-0.39, 0.29) is 5.25 Å². The molecule has 134 valence electrons. The van der Waals surface area contributed by atoms with Crippen LogP contribution in [0, 0.1) is 0 Å². The van der Waals surface area contributed by atoms with Crippen LogP contribution >= 0.6 is 0 Å². The minimum absolute atomic E-state index is 0.377. The summed E-state index contributed by atoms with van der Waals surface area (Å²) in [6.07, 6.45) is 2.59. The molecule has 2 bridgehead atoms. The van der Waals surface area contributed by atoms with Gasteiger partial charge in [-0.05, 0) is 58.2 Å². The van der Waals surface area contributed by atoms with Gasteiger partial charge >= 0.3 is 0 Å². The predicted molar refractivity (Wildman–Crippen MR) is 97.8 cm³/mol. The molecule has 2 fully saturated rings. The van der Waals surface area contributed by atoms with Crippen molar-refractivity contribution in [3.05, 3.63) is 29.8 Å². The number of likely N-dealkylation sites (tertiary alicyclic amines) is 1. The zero-order chi connectivity index (χ0) is 17.5. The van der Waals surface area contributed by atoms with Crippen molar-refractivity contribution < 1.29 is 8.42 Å². The average molecular weight is 351 g/mol. The van der Waals surface area contributed by atoms with Crippen LogP contribution in [-0.4, -0.2) is 54.7 Å². The number of hydrogen-bond acceptors (Lipinski definition) is 4. The second-order valence-electron chi connectivity index (χ2n) is 7.86. The number of piperazine rings is 1. The lowest BCUT2D eigenvalue weighted by atomic mass is 10.1. The molecule has 0 spiro atoms. The SMILES string of the molecule is CC(C)N1C2CCC1CN(Cc1cccc(S(=O)(=O)C(C)C)c1)C2. The first-order valence-electron chi connectivity index (χ1n) is 9.11. The summed E-state index contributed by atoms with van der Waals surface area (Å²) in [5.74, 6) is 0. The summed E-state index contributed by atoms with van der Waals surface area (Å²) < 4.78 is 24.8. The Hall–Kier alpha value is -0.910. The minimum Gasteiger partial charge on any atom is -0.296 e. The Morgan fingerprint density at radius 1 is 1.08 bits per heavy atom. The van der Waals surface area contributed by atoms with Crippen molar-refractivity contribution in [1.82, 2.24) is 9.80 Å². The summed E-state index contributed by atoms with van der Waals surface area (Å²) in [5.41, 5.74) is 1.11. The fourth-order valence-corrected chi connectivity index (χ4v) is 5.47. The highest BCUT2D eigenvalue weighted by Crippen LogP contribution is 2.32. The highest BCUT2D eigenvalue weighted by molar-refractivity contribution is 7.92. The lowest BCUT2D eigenvalue weighted by molar-refractivity contribution is 0.0400. The van der Waals surface area contributed by atoms with E-state index in [1.165, 1.54) is 12.8 Å². The van der Waals surface area contributed by atoms with Gasteiger partial charge in [-0.2, -0.15) is 0 Å². The largest absolute Gasteiger partial charge is 0.296 e. The first-order valence-corrected chi connectivity index (χ1v) is 10.7. The number of sulfone groups is 1. The zero-order valence-corrected chi connectivity index (χ0v) is 16.1. The molecule has 24 heavy (non-hydrogen) atoms. The number of rotatable bonds is 5. The Labute approximate surface area is 146 Å². The molecule has 1 aromatic rings. The number of benzene rings is 1. The first-order chi connectivity index (χ1) is 11.3. The van der Waals surface area contributed by atoms with E-state index in [0.717, 1.165) is 25.2 Å². The standard InChI is InChI=1S/C19H30N2O2S/c1-14(2)21-17-8-9-18(21)13-20(12-17)11-16-6-5-7-19(10-16)24(22,23)15(3)4/h5-7,10,14-15,17-18H,8-9,11-13H2,1-4H3. The van der Waals surface area contributed by atoms with E-state index in [1.54, 1.807) is 19.9 Å². The molecule has 2 saturated heterocycles. The van der Waals surface area contributed by atoms with Crippen molar-refractivity contribution in [3.63, 3.8) is 0 Å². The summed E-state index contributed by atoms with van der Waals surface area (Å²) in [4.78, 5) is 5.64. The third-order valence-electron chi connectivity index (χ3n) is 5.46. The van der Waals surface area contributed by atoms with Gasteiger partial charge in [0.15, 0.2) is 9.84 Å². The smallest absolute Gasteiger partial charge is 0.180 e. The van der Waals surface area contributed by atoms with Crippen LogP contribution in [-0.2, 0) is 16.4 Å². The summed E-state index contributed by atoms with van der Waals surface area (Å²) >= 11 is 0. The van der Waals surface area contributed by atoms with Crippen LogP contribution in [0.3, 0.4) is 0 Å². The quantitative estimate of drug-likeness (QED) is 0.819. The van der Waals surface area contributed by atoms with E-state index in [2.05, 4.69) is 29.7 Å². The van der Waals surface area contributed by atoms with Crippen molar-refractivity contribution in [1.29, 1.82) is 0 Å². The Balaban J connectivity index is 1.72. The molecule has 1 aromatic carbocycles. The monoisotopic (exact) mass is 350 g/mol. The van der Waals surface area contributed by atoms with Gasteiger partial charge in [0.25, 0.3) is 0 Å². The van der Waals surface area contributed by atoms with E-state index < -0.39 is 9.84 Å². The van der Waals surface area contributed by atoms with Gasteiger partial charge in [-0.25, -0.2) is 8.42 Å². The molecule has 2 unspecified atom stereocenters. The molecule has 2 aliphatic heterocycles. The van der Waals surface area contributed by atoms with Gasteiger partial charge in [0.1, 0.15) is 0 Å². The highest BCUT2D eigenvalue weighted by Gasteiger charge is 2.40. The van der Waals surface area contributed by atoms with Crippen molar-refractivity contribution in [3.8, 4) is 0 Å². The van der Waals surface area contributed by atoms with E-state index in [1.807, 2.05) is 12.1 Å². The number of nitrogens with zero attached hydrogens (tertiary/aromatic N) is 2. The summed E-state index contributed by atoms with van der Waals surface area (Å²) in [6, 6.07) is 9.45. The van der Waals surface area contributed by atoms with Crippen LogP contribution in [0.1, 0.15) is 46.1 Å². The third kappa shape index (κ3) is 3.39. The maximum absolute atomic E-state index is 12.4. The first kappa shape index (κ1) is 17.9. The molecular weight excluding hydrogens is 320 g/mol. The van der Waals surface area contributed by atoms with Crippen LogP contribution in [0.2, 0.25) is 0 Å². The van der Waals surface area contributed by atoms with Gasteiger partial charge in [0.2, 0.25) is 0 Å². The van der Waals surface area contributed by atoms with Crippen LogP contribution in [0.5, 0.6) is 0 Å². The second kappa shape index (κ2) is 6.77. The van der Waals surface area contributed by atoms with E-state index in [9.17, 15) is 8.42 Å². The number of fused-ring (bicyclic) bond motifs is 2. The van der Waals surface area contributed by atoms with Gasteiger partial charge in [-0.3, -0.25) is 9.80 Å². The molecule has 5 heteroatoms. The van der Waals surface area contributed by atoms with E-state index in [4.69, 9.17) is 0 Å². The Bertz CT molecular complexity index is 670. The van der Waals surface area contributed by atoms with Crippen LogP contribution in [0.15, 0.2) is 29.2 Å². The molecule has 0 amide bonds. The van der Waals surface area contributed by atoms with Crippen LogP contribution < -0.4 is 0 Å². The molecule has 2 aliphatic rings. The fourth-order valence-electron chi connectivity index (χ4n) is 4.35. The maximum atomic E-state index is 12.4. The average Bonchev–Trinajstić information content (AvgIpc) is 2.79. The highest BCUT2D eigenvalue weighted by atomic mass is 32.2. The molecule has 2 heterocycles. The molecule has 0 saturated carbocycles. The molecule has 0 aromatic heterocycles. The van der Waals surface area contributed by atoms with Gasteiger partial charge in [-0.15, -0.1) is 0 Å². The van der Waals surface area contributed by atoms with Crippen molar-refractivity contribution in [2.24, 2.45) is 0 Å².